The lowest BCUT2D eigenvalue weighted by Gasteiger charge is -2.21. The Kier molecular flexibility index (Phi) is 8.91. The van der Waals surface area contributed by atoms with Crippen molar-refractivity contribution >= 4 is 31.5 Å². The highest BCUT2D eigenvalue weighted by molar-refractivity contribution is 7.41. The number of aromatic nitrogens is 6. The Bertz CT molecular complexity index is 1470. The molecule has 1 fully saturated rings. The highest BCUT2D eigenvalue weighted by atomic mass is 32.1. The van der Waals surface area contributed by atoms with E-state index in [2.05, 4.69) is 25.5 Å². The van der Waals surface area contributed by atoms with Gasteiger partial charge in [-0.05, 0) is 31.9 Å². The number of hydrogen-bond donors (Lipinski definition) is 1. The first-order valence-corrected chi connectivity index (χ1v) is 14.6. The van der Waals surface area contributed by atoms with Crippen LogP contribution in [-0.2, 0) is 13.6 Å². The van der Waals surface area contributed by atoms with Crippen LogP contribution in [0.1, 0.15) is 61.8 Å². The number of anilines is 1. The van der Waals surface area contributed by atoms with Gasteiger partial charge in [-0.1, -0.05) is 19.3 Å². The van der Waals surface area contributed by atoms with Crippen molar-refractivity contribution in [2.75, 3.05) is 19.5 Å². The second-order valence-corrected chi connectivity index (χ2v) is 11.4. The highest BCUT2D eigenvalue weighted by Gasteiger charge is 2.25. The molecule has 0 radical (unpaired) electrons. The van der Waals surface area contributed by atoms with Crippen LogP contribution in [0, 0.1) is 11.8 Å². The van der Waals surface area contributed by atoms with Gasteiger partial charge in [0.1, 0.15) is 22.1 Å². The Morgan fingerprint density at radius 1 is 1.12 bits per heavy atom. The van der Waals surface area contributed by atoms with Gasteiger partial charge in [-0.25, -0.2) is 19.0 Å². The summed E-state index contributed by atoms with van der Waals surface area (Å²) in [5.41, 5.74) is 0.875. The molecule has 1 saturated carbocycles. The minimum atomic E-state index is -1.50. The molecular weight excluding hydrogens is 563 g/mol. The van der Waals surface area contributed by atoms with Crippen molar-refractivity contribution < 1.29 is 27.1 Å². The predicted molar refractivity (Wildman–Crippen MR) is 146 cm³/mol. The molecule has 1 atom stereocenters. The van der Waals surface area contributed by atoms with E-state index in [0.29, 0.717) is 10.6 Å². The molecule has 40 heavy (non-hydrogen) atoms. The number of carbonyl (C=O) groups excluding carboxylic acids is 1. The molecule has 4 aromatic heterocycles. The average molecular weight is 592 g/mol. The molecule has 212 valence electrons. The van der Waals surface area contributed by atoms with Gasteiger partial charge in [0.05, 0.1) is 17.9 Å². The average Bonchev–Trinajstić information content (AvgIpc) is 3.73. The summed E-state index contributed by atoms with van der Waals surface area (Å²) in [5, 5.41) is 13.8. The van der Waals surface area contributed by atoms with Crippen LogP contribution in [0.25, 0.3) is 22.0 Å². The Labute approximate surface area is 234 Å². The lowest BCUT2D eigenvalue weighted by molar-refractivity contribution is 0.0994. The maximum atomic E-state index is 14.7. The van der Waals surface area contributed by atoms with Crippen molar-refractivity contribution in [3.8, 4) is 22.0 Å². The predicted octanol–water partition coefficient (Wildman–Crippen LogP) is 6.36. The fraction of sp³-hybridized carbons (Fsp3) is 0.400. The van der Waals surface area contributed by atoms with E-state index in [1.807, 2.05) is 0 Å². The van der Waals surface area contributed by atoms with Crippen LogP contribution in [-0.4, -0.2) is 49.7 Å². The molecule has 1 amide bonds. The molecular formula is C25H28F2N7O4PS. The van der Waals surface area contributed by atoms with Gasteiger partial charge < -0.3 is 14.4 Å². The van der Waals surface area contributed by atoms with E-state index in [1.54, 1.807) is 40.3 Å². The van der Waals surface area contributed by atoms with Crippen molar-refractivity contribution in [1.82, 2.24) is 29.5 Å². The number of nitrogens with one attached hydrogen (secondary N) is 1. The molecule has 0 saturated heterocycles. The fourth-order valence-electron chi connectivity index (χ4n) is 4.45. The van der Waals surface area contributed by atoms with Gasteiger partial charge in [0, 0.05) is 37.6 Å². The zero-order chi connectivity index (χ0) is 28.2. The van der Waals surface area contributed by atoms with Crippen LogP contribution in [0.5, 0.6) is 0 Å². The van der Waals surface area contributed by atoms with E-state index in [9.17, 15) is 13.6 Å². The molecule has 0 spiro atoms. The third kappa shape index (κ3) is 6.26. The molecule has 4 heterocycles. The monoisotopic (exact) mass is 591 g/mol. The summed E-state index contributed by atoms with van der Waals surface area (Å²) < 4.78 is 47.8. The largest absolute Gasteiger partial charge is 0.334 e. The van der Waals surface area contributed by atoms with Crippen molar-refractivity contribution in [3.05, 3.63) is 53.6 Å². The summed E-state index contributed by atoms with van der Waals surface area (Å²) in [4.78, 5) is 21.4. The summed E-state index contributed by atoms with van der Waals surface area (Å²) in [6.45, 7) is 1.80. The van der Waals surface area contributed by atoms with Crippen molar-refractivity contribution in [1.29, 1.82) is 0 Å². The molecule has 11 nitrogen and oxygen atoms in total. The number of pyridine rings is 1. The summed E-state index contributed by atoms with van der Waals surface area (Å²) in [6, 6.07) is 2.04. The highest BCUT2D eigenvalue weighted by Crippen LogP contribution is 2.41. The quantitative estimate of drug-likeness (QED) is 0.167. The van der Waals surface area contributed by atoms with E-state index in [4.69, 9.17) is 13.6 Å². The summed E-state index contributed by atoms with van der Waals surface area (Å²) in [5.74, 6) is -2.09. The fourth-order valence-corrected chi connectivity index (χ4v) is 5.90. The van der Waals surface area contributed by atoms with Crippen LogP contribution >= 0.6 is 19.9 Å². The molecule has 1 unspecified atom stereocenters. The summed E-state index contributed by atoms with van der Waals surface area (Å²) in [6.07, 6.45) is 9.64. The second-order valence-electron chi connectivity index (χ2n) is 9.12. The van der Waals surface area contributed by atoms with Crippen molar-refractivity contribution in [3.63, 3.8) is 0 Å². The van der Waals surface area contributed by atoms with Gasteiger partial charge in [0.2, 0.25) is 5.95 Å². The van der Waals surface area contributed by atoms with Crippen LogP contribution in [0.15, 0.2) is 36.1 Å². The van der Waals surface area contributed by atoms with Gasteiger partial charge >= 0.3 is 8.60 Å². The number of amides is 1. The van der Waals surface area contributed by atoms with Gasteiger partial charge in [-0.2, -0.15) is 14.6 Å². The Hall–Kier alpha value is -3.16. The SMILES string of the molecule is COP(OC)OC(C)n1cc(-c2nc(C(=O)Nc3cn(C4CCCCC4)nc3-c3nc(F)ccc3F)cs2)cn1. The van der Waals surface area contributed by atoms with E-state index < -0.39 is 32.5 Å². The number of carbonyl (C=O) groups is 1. The smallest absolute Gasteiger partial charge is 0.317 e. The Balaban J connectivity index is 1.37. The molecule has 1 aliphatic rings. The minimum absolute atomic E-state index is 0.0636. The number of halogens is 2. The lowest BCUT2D eigenvalue weighted by atomic mass is 9.96. The van der Waals surface area contributed by atoms with E-state index >= 15 is 0 Å². The number of thiazole rings is 1. The molecule has 1 aliphatic carbocycles. The normalized spacial score (nSPS) is 15.1. The summed E-state index contributed by atoms with van der Waals surface area (Å²) >= 11 is 1.27. The number of hydrogen-bond acceptors (Lipinski definition) is 9. The molecule has 4 aromatic rings. The van der Waals surface area contributed by atoms with Gasteiger partial charge in [0.25, 0.3) is 5.91 Å². The molecule has 15 heteroatoms. The standard InChI is InChI=1S/C25H28F2N7O4PS/c1-15(38-39(36-2)37-3)33-12-16(11-28-33)25-30-20(14-40-25)24(35)29-19-13-34(17-7-5-4-6-8-17)32-23(19)22-18(26)9-10-21(27)31-22/h9-15,17H,4-8H2,1-3H3,(H,29,35). The zero-order valence-electron chi connectivity index (χ0n) is 22.1. The van der Waals surface area contributed by atoms with Gasteiger partial charge in [-0.15, -0.1) is 11.3 Å². The second kappa shape index (κ2) is 12.6. The van der Waals surface area contributed by atoms with Crippen LogP contribution in [0.3, 0.4) is 0 Å². The van der Waals surface area contributed by atoms with E-state index in [1.165, 1.54) is 25.6 Å². The molecule has 0 aliphatic heterocycles. The first kappa shape index (κ1) is 28.4. The zero-order valence-corrected chi connectivity index (χ0v) is 23.8. The maximum absolute atomic E-state index is 14.7. The van der Waals surface area contributed by atoms with Crippen LogP contribution in [0.4, 0.5) is 14.5 Å². The molecule has 1 N–H and O–H groups in total. The van der Waals surface area contributed by atoms with E-state index in [-0.39, 0.29) is 28.8 Å². The van der Waals surface area contributed by atoms with Crippen LogP contribution < -0.4 is 5.32 Å². The third-order valence-corrected chi connectivity index (χ3v) is 8.42. The first-order valence-electron chi connectivity index (χ1n) is 12.6. The van der Waals surface area contributed by atoms with E-state index in [0.717, 1.165) is 44.2 Å². The number of nitrogens with zero attached hydrogens (tertiary/aromatic N) is 6. The van der Waals surface area contributed by atoms with Crippen molar-refractivity contribution in [2.24, 2.45) is 0 Å². The van der Waals surface area contributed by atoms with Gasteiger partial charge in [-0.3, -0.25) is 14.0 Å². The Morgan fingerprint density at radius 3 is 2.65 bits per heavy atom. The van der Waals surface area contributed by atoms with Crippen LogP contribution in [0.2, 0.25) is 0 Å². The minimum Gasteiger partial charge on any atom is -0.317 e. The third-order valence-electron chi connectivity index (χ3n) is 6.46. The van der Waals surface area contributed by atoms with Gasteiger partial charge in [0.15, 0.2) is 12.0 Å². The maximum Gasteiger partial charge on any atom is 0.334 e. The number of rotatable bonds is 10. The lowest BCUT2D eigenvalue weighted by Crippen LogP contribution is -2.14. The first-order chi connectivity index (χ1) is 19.4. The molecule has 0 bridgehead atoms. The summed E-state index contributed by atoms with van der Waals surface area (Å²) in [7, 11) is 1.49. The van der Waals surface area contributed by atoms with Crippen molar-refractivity contribution in [2.45, 2.75) is 51.3 Å². The molecule has 0 aromatic carbocycles. The topological polar surface area (TPSA) is 118 Å². The molecule has 5 rings (SSSR count). The Morgan fingerprint density at radius 2 is 1.90 bits per heavy atom.